The second-order valence-corrected chi connectivity index (χ2v) is 12.3. The summed E-state index contributed by atoms with van der Waals surface area (Å²) in [6.45, 7) is 8.10. The van der Waals surface area contributed by atoms with Crippen molar-refractivity contribution in [2.75, 3.05) is 0 Å². The molecule has 1 aromatic carbocycles. The van der Waals surface area contributed by atoms with Crippen LogP contribution in [0.2, 0.25) is 5.02 Å². The van der Waals surface area contributed by atoms with Gasteiger partial charge in [-0.05, 0) is 48.3 Å². The van der Waals surface area contributed by atoms with E-state index in [4.69, 9.17) is 22.1 Å². The number of hydrogen-bond donors (Lipinski definition) is 5. The summed E-state index contributed by atoms with van der Waals surface area (Å²) in [6.07, 6.45) is 8.56. The molecule has 1 aliphatic carbocycles. The highest BCUT2D eigenvalue weighted by atomic mass is 35.5. The highest BCUT2D eigenvalue weighted by Gasteiger charge is 2.33. The van der Waals surface area contributed by atoms with E-state index in [0.717, 1.165) is 25.7 Å². The smallest absolute Gasteiger partial charge is 0.405 e. The number of hydrogen-bond acceptors (Lipinski definition) is 6. The number of aromatic amines is 1. The van der Waals surface area contributed by atoms with Crippen molar-refractivity contribution >= 4 is 29.5 Å². The maximum absolute atomic E-state index is 13.9. The van der Waals surface area contributed by atoms with Gasteiger partial charge in [-0.25, -0.2) is 9.78 Å². The molecule has 0 bridgehead atoms. The van der Waals surface area contributed by atoms with Gasteiger partial charge in [-0.15, -0.1) is 6.58 Å². The van der Waals surface area contributed by atoms with Gasteiger partial charge >= 0.3 is 6.09 Å². The van der Waals surface area contributed by atoms with Gasteiger partial charge in [0.25, 0.3) is 5.91 Å². The summed E-state index contributed by atoms with van der Waals surface area (Å²) in [6, 6.07) is 5.21. The molecular weight excluding hydrogens is 570 g/mol. The quantitative estimate of drug-likeness (QED) is 0.175. The van der Waals surface area contributed by atoms with E-state index < -0.39 is 42.2 Å². The third-order valence-electron chi connectivity index (χ3n) is 8.27. The summed E-state index contributed by atoms with van der Waals surface area (Å²) in [5.41, 5.74) is 6.60. The minimum Gasteiger partial charge on any atom is -0.436 e. The van der Waals surface area contributed by atoms with E-state index in [1.807, 2.05) is 6.08 Å². The third-order valence-corrected chi connectivity index (χ3v) is 8.53. The molecule has 11 heteroatoms. The molecule has 3 rings (SSSR count). The van der Waals surface area contributed by atoms with Crippen LogP contribution in [0.15, 0.2) is 49.4 Å². The van der Waals surface area contributed by atoms with Gasteiger partial charge in [0, 0.05) is 29.8 Å². The number of benzene rings is 1. The van der Waals surface area contributed by atoms with Crippen LogP contribution in [0, 0.1) is 17.8 Å². The van der Waals surface area contributed by atoms with Crippen LogP contribution in [-0.2, 0) is 27.2 Å². The van der Waals surface area contributed by atoms with Gasteiger partial charge in [-0.3, -0.25) is 9.59 Å². The first-order chi connectivity index (χ1) is 20.5. The van der Waals surface area contributed by atoms with Crippen molar-refractivity contribution in [1.29, 1.82) is 0 Å². The number of aliphatic hydroxyl groups is 1. The van der Waals surface area contributed by atoms with E-state index in [9.17, 15) is 19.5 Å². The summed E-state index contributed by atoms with van der Waals surface area (Å²) >= 11 is 5.98. The van der Waals surface area contributed by atoms with Gasteiger partial charge < -0.3 is 31.2 Å². The molecule has 1 aliphatic rings. The van der Waals surface area contributed by atoms with Gasteiger partial charge in [0.05, 0.1) is 18.5 Å². The number of aromatic nitrogens is 2. The number of primary amides is 1. The van der Waals surface area contributed by atoms with Crippen molar-refractivity contribution in [3.63, 3.8) is 0 Å². The third kappa shape index (κ3) is 11.3. The number of aliphatic hydroxyl groups excluding tert-OH is 1. The second kappa shape index (κ2) is 17.1. The lowest BCUT2D eigenvalue weighted by atomic mass is 9.81. The number of H-pyrrole nitrogens is 1. The largest absolute Gasteiger partial charge is 0.436 e. The molecule has 43 heavy (non-hydrogen) atoms. The fraction of sp³-hybridized carbons (Fsp3) is 0.562. The first kappa shape index (κ1) is 34.1. The topological polar surface area (TPSA) is 159 Å². The molecule has 6 N–H and O–H groups in total. The lowest BCUT2D eigenvalue weighted by Gasteiger charge is -2.33. The van der Waals surface area contributed by atoms with Crippen molar-refractivity contribution < 1.29 is 24.2 Å². The van der Waals surface area contributed by atoms with Gasteiger partial charge in [0.15, 0.2) is 6.10 Å². The van der Waals surface area contributed by atoms with Gasteiger partial charge in [-0.2, -0.15) is 0 Å². The molecule has 3 amide bonds. The molecule has 0 radical (unpaired) electrons. The molecule has 10 nitrogen and oxygen atoms in total. The highest BCUT2D eigenvalue weighted by molar-refractivity contribution is 6.30. The number of nitrogens with one attached hydrogen (secondary N) is 3. The Balaban J connectivity index is 1.81. The summed E-state index contributed by atoms with van der Waals surface area (Å²) in [5, 5.41) is 17.7. The van der Waals surface area contributed by atoms with E-state index >= 15 is 0 Å². The van der Waals surface area contributed by atoms with Crippen LogP contribution in [0.4, 0.5) is 4.79 Å². The molecule has 0 spiro atoms. The average Bonchev–Trinajstić information content (AvgIpc) is 3.49. The SMILES string of the molecule is C=C[C@@H](C[C@H](O)[C@H](CC1CCCCC1)NC(=O)[C@H](Cc1cnc[nH]1)NC(=O)[C@H](Cc1ccc(Cl)cc1)OC(N)=O)C(C)C. The summed E-state index contributed by atoms with van der Waals surface area (Å²) < 4.78 is 5.15. The number of halogens is 1. The lowest BCUT2D eigenvalue weighted by Crippen LogP contribution is -2.56. The number of amides is 3. The van der Waals surface area contributed by atoms with E-state index in [1.165, 1.54) is 12.7 Å². The van der Waals surface area contributed by atoms with Crippen LogP contribution >= 0.6 is 11.6 Å². The molecule has 1 saturated carbocycles. The predicted molar refractivity (Wildman–Crippen MR) is 166 cm³/mol. The lowest BCUT2D eigenvalue weighted by molar-refractivity contribution is -0.134. The molecule has 5 atom stereocenters. The number of ether oxygens (including phenoxy) is 1. The minimum absolute atomic E-state index is 0.0332. The normalized spacial score (nSPS) is 17.3. The zero-order valence-corrected chi connectivity index (χ0v) is 25.9. The van der Waals surface area contributed by atoms with Crippen LogP contribution in [0.25, 0.3) is 0 Å². The predicted octanol–water partition coefficient (Wildman–Crippen LogP) is 4.46. The zero-order chi connectivity index (χ0) is 31.4. The van der Waals surface area contributed by atoms with E-state index in [1.54, 1.807) is 30.5 Å². The number of carbonyl (C=O) groups is 3. The van der Waals surface area contributed by atoms with Crippen LogP contribution in [0.1, 0.15) is 70.1 Å². The van der Waals surface area contributed by atoms with Crippen molar-refractivity contribution in [3.05, 3.63) is 65.7 Å². The van der Waals surface area contributed by atoms with E-state index in [2.05, 4.69) is 41.0 Å². The molecule has 0 unspecified atom stereocenters. The standard InChI is InChI=1S/C32H46ClN5O5/c1-4-23(20(2)3)16-28(39)26(14-21-8-6-5-7-9-21)37-30(40)27(17-25-18-35-19-36-25)38-31(41)29(43-32(34)42)15-22-10-12-24(33)13-11-22/h4,10-13,18-21,23,26-29,39H,1,5-9,14-17H2,2-3H3,(H2,34,42)(H,35,36)(H,37,40)(H,38,41)/t23-,26-,27-,28-,29-/m0/s1. The number of allylic oxidation sites excluding steroid dienone is 1. The van der Waals surface area contributed by atoms with Crippen molar-refractivity contribution in [2.24, 2.45) is 23.5 Å². The van der Waals surface area contributed by atoms with Crippen LogP contribution in [-0.4, -0.2) is 57.3 Å². The molecule has 1 fully saturated rings. The molecule has 2 aromatic rings. The Kier molecular flexibility index (Phi) is 13.5. The van der Waals surface area contributed by atoms with Gasteiger partial charge in [0.1, 0.15) is 6.04 Å². The van der Waals surface area contributed by atoms with Crippen molar-refractivity contribution in [1.82, 2.24) is 20.6 Å². The molecular formula is C32H46ClN5O5. The molecule has 1 heterocycles. The Bertz CT molecular complexity index is 1170. The van der Waals surface area contributed by atoms with Gasteiger partial charge in [0.2, 0.25) is 5.91 Å². The maximum atomic E-state index is 13.9. The first-order valence-electron chi connectivity index (χ1n) is 15.1. The Morgan fingerprint density at radius 3 is 2.42 bits per heavy atom. The Hall–Kier alpha value is -3.37. The van der Waals surface area contributed by atoms with Crippen molar-refractivity contribution in [3.8, 4) is 0 Å². The summed E-state index contributed by atoms with van der Waals surface area (Å²) in [4.78, 5) is 46.0. The number of imidazole rings is 1. The molecule has 0 saturated heterocycles. The van der Waals surface area contributed by atoms with Gasteiger partial charge in [-0.1, -0.05) is 75.8 Å². The Labute approximate surface area is 259 Å². The maximum Gasteiger partial charge on any atom is 0.405 e. The van der Waals surface area contributed by atoms with E-state index in [-0.39, 0.29) is 24.7 Å². The Morgan fingerprint density at radius 2 is 1.84 bits per heavy atom. The zero-order valence-electron chi connectivity index (χ0n) is 25.1. The van der Waals surface area contributed by atoms with Crippen LogP contribution in [0.5, 0.6) is 0 Å². The monoisotopic (exact) mass is 615 g/mol. The fourth-order valence-electron chi connectivity index (χ4n) is 5.71. The molecule has 1 aromatic heterocycles. The number of nitrogens with zero attached hydrogens (tertiary/aromatic N) is 1. The number of carbonyl (C=O) groups excluding carboxylic acids is 3. The Morgan fingerprint density at radius 1 is 1.14 bits per heavy atom. The molecule has 0 aliphatic heterocycles. The second-order valence-electron chi connectivity index (χ2n) is 11.9. The summed E-state index contributed by atoms with van der Waals surface area (Å²) in [5.74, 6) is -0.367. The first-order valence-corrected chi connectivity index (χ1v) is 15.5. The fourth-order valence-corrected chi connectivity index (χ4v) is 5.84. The minimum atomic E-state index is -1.28. The van der Waals surface area contributed by atoms with Crippen LogP contribution in [0.3, 0.4) is 0 Å². The van der Waals surface area contributed by atoms with Crippen molar-refractivity contribution in [2.45, 2.75) is 95.9 Å². The average molecular weight is 616 g/mol. The van der Waals surface area contributed by atoms with E-state index in [0.29, 0.717) is 35.0 Å². The summed E-state index contributed by atoms with van der Waals surface area (Å²) in [7, 11) is 0. The molecule has 236 valence electrons. The highest BCUT2D eigenvalue weighted by Crippen LogP contribution is 2.30. The number of rotatable bonds is 16. The van der Waals surface area contributed by atoms with Crippen LogP contribution < -0.4 is 16.4 Å². The number of nitrogens with two attached hydrogens (primary N) is 1.